The molecule has 4 nitrogen and oxygen atoms in total. The smallest absolute Gasteiger partial charge is 0.0714 e. The second-order valence-corrected chi connectivity index (χ2v) is 35.3. The summed E-state index contributed by atoms with van der Waals surface area (Å²) in [5.74, 6) is 0. The Bertz CT molecular complexity index is 8490. The second-order valence-electron chi connectivity index (χ2n) is 35.3. The Morgan fingerprint density at radius 1 is 0.164 bits per heavy atom. The van der Waals surface area contributed by atoms with Crippen LogP contribution in [0.25, 0.3) is 143 Å². The largest absolute Gasteiger partial charge is 0.310 e. The summed E-state index contributed by atoms with van der Waals surface area (Å²) in [6, 6.07) is 196. The van der Waals surface area contributed by atoms with E-state index in [2.05, 4.69) is 553 Å². The van der Waals surface area contributed by atoms with Crippen LogP contribution in [0.15, 0.2) is 534 Å². The topological polar surface area (TPSA) is 16.3 Å². The third-order valence-corrected chi connectivity index (χ3v) is 28.1. The summed E-state index contributed by atoms with van der Waals surface area (Å²) in [6.45, 7) is 0. The molecule has 0 spiro atoms. The minimum atomic E-state index is -0.543. The molecule has 0 saturated heterocycles. The average molecular weight is 1710 g/mol. The molecule has 26 rings (SSSR count). The summed E-state index contributed by atoms with van der Waals surface area (Å²) in [5.41, 5.74) is 37.1. The fourth-order valence-corrected chi connectivity index (χ4v) is 22.2. The Hall–Kier alpha value is -17.4. The first-order chi connectivity index (χ1) is 66.5. The van der Waals surface area contributed by atoms with E-state index in [1.165, 1.54) is 160 Å². The summed E-state index contributed by atoms with van der Waals surface area (Å²) >= 11 is 0. The van der Waals surface area contributed by atoms with Crippen LogP contribution in [-0.2, 0) is 10.8 Å². The van der Waals surface area contributed by atoms with Crippen molar-refractivity contribution in [2.24, 2.45) is 0 Å². The molecule has 0 bridgehead atoms. The van der Waals surface area contributed by atoms with Gasteiger partial charge in [-0.05, 0) is 207 Å². The van der Waals surface area contributed by atoms with Crippen molar-refractivity contribution >= 4 is 99.3 Å². The van der Waals surface area contributed by atoms with Crippen LogP contribution in [0, 0.1) is 0 Å². The molecule has 0 N–H and O–H groups in total. The molecular weight excluding hydrogens is 1620 g/mol. The van der Waals surface area contributed by atoms with Crippen LogP contribution >= 0.6 is 0 Å². The number of fused-ring (bicyclic) bond motifs is 16. The van der Waals surface area contributed by atoms with E-state index >= 15 is 0 Å². The fourth-order valence-electron chi connectivity index (χ4n) is 22.2. The van der Waals surface area contributed by atoms with E-state index in [1.54, 1.807) is 0 Å². The molecular formula is C130H88N4. The second kappa shape index (κ2) is 32.9. The van der Waals surface area contributed by atoms with Crippen LogP contribution in [0.1, 0.15) is 44.5 Å². The number of nitrogens with zero attached hydrogens (tertiary/aromatic N) is 4. The van der Waals surface area contributed by atoms with Crippen molar-refractivity contribution in [2.45, 2.75) is 10.8 Å². The lowest BCUT2D eigenvalue weighted by atomic mass is 9.67. The van der Waals surface area contributed by atoms with Gasteiger partial charge in [-0.25, -0.2) is 0 Å². The van der Waals surface area contributed by atoms with Crippen molar-refractivity contribution in [1.29, 1.82) is 0 Å². The van der Waals surface area contributed by atoms with E-state index in [0.717, 1.165) is 62.1 Å². The summed E-state index contributed by atoms with van der Waals surface area (Å²) in [6.07, 6.45) is 0. The number of rotatable bonds is 16. The van der Waals surface area contributed by atoms with E-state index in [0.29, 0.717) is 0 Å². The third kappa shape index (κ3) is 13.0. The van der Waals surface area contributed by atoms with Crippen LogP contribution < -0.4 is 9.80 Å². The van der Waals surface area contributed by atoms with Crippen molar-refractivity contribution in [3.8, 4) is 78.1 Å². The first kappa shape index (κ1) is 78.8. The van der Waals surface area contributed by atoms with E-state index in [1.807, 2.05) is 0 Å². The van der Waals surface area contributed by atoms with Crippen LogP contribution in [-0.4, -0.2) is 9.13 Å². The van der Waals surface area contributed by atoms with Gasteiger partial charge in [0.15, 0.2) is 0 Å². The Balaban J connectivity index is 0.000000143. The lowest BCUT2D eigenvalue weighted by Gasteiger charge is -2.35. The van der Waals surface area contributed by atoms with Crippen LogP contribution in [0.3, 0.4) is 0 Å². The average Bonchev–Trinajstić information content (AvgIpc) is 1.54. The van der Waals surface area contributed by atoms with Crippen molar-refractivity contribution in [3.05, 3.63) is 578 Å². The minimum Gasteiger partial charge on any atom is -0.310 e. The highest BCUT2D eigenvalue weighted by Gasteiger charge is 2.48. The van der Waals surface area contributed by atoms with Gasteiger partial charge < -0.3 is 18.9 Å². The molecule has 2 heterocycles. The van der Waals surface area contributed by atoms with Crippen molar-refractivity contribution in [1.82, 2.24) is 9.13 Å². The van der Waals surface area contributed by atoms with E-state index in [-0.39, 0.29) is 0 Å². The number of para-hydroxylation sites is 1. The molecule has 22 aromatic carbocycles. The van der Waals surface area contributed by atoms with Gasteiger partial charge in [0, 0.05) is 77.7 Å². The third-order valence-electron chi connectivity index (χ3n) is 28.1. The Morgan fingerprint density at radius 2 is 0.470 bits per heavy atom. The van der Waals surface area contributed by atoms with Gasteiger partial charge in [-0.2, -0.15) is 0 Å². The van der Waals surface area contributed by atoms with Gasteiger partial charge in [-0.3, -0.25) is 0 Å². The molecule has 4 heteroatoms. The van der Waals surface area contributed by atoms with Gasteiger partial charge in [0.1, 0.15) is 0 Å². The standard InChI is InChI=1S/2C65H44N2/c1-5-19-45(20-6-1)46-33-36-51(37-34-46)67-63-44-53(39-42-58(63)59-40-35-48-23-13-14-29-55(48)64(59)67)66(62-32-18-16-28-54(62)47-21-7-2-8-22-47)52-38-41-57-56-30-15-17-31-60(56)65(61(57)43-52,49-24-9-3-10-25-49)50-26-11-4-12-27-50;1-5-18-45(19-6-1)47-32-35-52(36-33-47)67-63-44-55(38-41-59(63)60-39-34-48-22-13-14-29-56(48)64(60)67)66(53-28-17-23-49(42-53)46-20-7-2-8-21-46)54-37-40-58-57-30-15-16-31-61(57)65(62(58)43-54,50-24-9-3-10-25-50)51-26-11-4-12-27-51/h2*1-44H. The molecule has 2 aliphatic rings. The lowest BCUT2D eigenvalue weighted by molar-refractivity contribution is 0.768. The van der Waals surface area contributed by atoms with E-state index in [4.69, 9.17) is 0 Å². The number of aromatic nitrogens is 2. The molecule has 0 unspecified atom stereocenters. The number of benzene rings is 22. The SMILES string of the molecule is c1ccc(-c2ccc(-n3c4cc(N(c5ccc6c(c5)C(c5ccccc5)(c5ccccc5)c5ccccc5-6)c5ccccc5-c5ccccc5)ccc4c4ccc5ccccc5c43)cc2)cc1.c1ccc(-c2ccc(-n3c4cc(N(c5cccc(-c6ccccc6)c5)c5ccc6c(c5)C(c5ccccc5)(c5ccccc5)c5ccccc5-6)ccc4c4ccc5ccccc5c43)cc2)cc1. The number of anilines is 6. The maximum Gasteiger partial charge on any atom is 0.0714 e. The molecule has 24 aromatic rings. The minimum absolute atomic E-state index is 0.536. The van der Waals surface area contributed by atoms with Crippen molar-refractivity contribution < 1.29 is 0 Å². The van der Waals surface area contributed by atoms with Gasteiger partial charge in [-0.15, -0.1) is 0 Å². The normalized spacial score (nSPS) is 12.6. The van der Waals surface area contributed by atoms with Crippen LogP contribution in [0.2, 0.25) is 0 Å². The molecule has 134 heavy (non-hydrogen) atoms. The molecule has 2 aliphatic carbocycles. The number of hydrogen-bond acceptors (Lipinski definition) is 2. The predicted octanol–water partition coefficient (Wildman–Crippen LogP) is 34.2. The van der Waals surface area contributed by atoms with Gasteiger partial charge in [0.2, 0.25) is 0 Å². The zero-order valence-electron chi connectivity index (χ0n) is 73.6. The monoisotopic (exact) mass is 1700 g/mol. The first-order valence-corrected chi connectivity index (χ1v) is 46.3. The Morgan fingerprint density at radius 3 is 0.910 bits per heavy atom. The van der Waals surface area contributed by atoms with Gasteiger partial charge >= 0.3 is 0 Å². The van der Waals surface area contributed by atoms with E-state index < -0.39 is 10.8 Å². The summed E-state index contributed by atoms with van der Waals surface area (Å²) < 4.78 is 4.97. The highest BCUT2D eigenvalue weighted by Crippen LogP contribution is 2.60. The van der Waals surface area contributed by atoms with Gasteiger partial charge in [-0.1, -0.05) is 443 Å². The maximum absolute atomic E-state index is 2.49. The highest BCUT2D eigenvalue weighted by molar-refractivity contribution is 6.21. The molecule has 628 valence electrons. The van der Waals surface area contributed by atoms with Crippen molar-refractivity contribution in [3.63, 3.8) is 0 Å². The Kier molecular flexibility index (Phi) is 19.4. The zero-order chi connectivity index (χ0) is 88.6. The summed E-state index contributed by atoms with van der Waals surface area (Å²) in [4.78, 5) is 4.96. The predicted molar refractivity (Wildman–Crippen MR) is 562 cm³/mol. The van der Waals surface area contributed by atoms with Gasteiger partial charge in [0.25, 0.3) is 0 Å². The van der Waals surface area contributed by atoms with Crippen molar-refractivity contribution in [2.75, 3.05) is 9.80 Å². The summed E-state index contributed by atoms with van der Waals surface area (Å²) in [5, 5.41) is 9.79. The van der Waals surface area contributed by atoms with Gasteiger partial charge in [0.05, 0.1) is 38.6 Å². The molecule has 0 atom stereocenters. The quantitative estimate of drug-likeness (QED) is 0.0959. The molecule has 0 amide bonds. The molecule has 0 saturated carbocycles. The lowest BCUT2D eigenvalue weighted by Crippen LogP contribution is -2.28. The fraction of sp³-hybridized carbons (Fsp3) is 0.0154. The van der Waals surface area contributed by atoms with E-state index in [9.17, 15) is 0 Å². The Labute approximate surface area is 780 Å². The molecule has 2 aromatic heterocycles. The summed E-state index contributed by atoms with van der Waals surface area (Å²) in [7, 11) is 0. The first-order valence-electron chi connectivity index (χ1n) is 46.3. The molecule has 0 radical (unpaired) electrons. The maximum atomic E-state index is 2.49. The zero-order valence-corrected chi connectivity index (χ0v) is 73.6. The van der Waals surface area contributed by atoms with Crippen LogP contribution in [0.5, 0.6) is 0 Å². The highest BCUT2D eigenvalue weighted by atomic mass is 15.2. The molecule has 0 aliphatic heterocycles. The van der Waals surface area contributed by atoms with Crippen LogP contribution in [0.4, 0.5) is 34.1 Å². The number of hydrogen-bond donors (Lipinski definition) is 0. The molecule has 0 fully saturated rings.